The number of carbonyl (C=O) groups is 1. The normalized spacial score (nSPS) is 20.3. The van der Waals surface area contributed by atoms with Crippen molar-refractivity contribution in [3.05, 3.63) is 0 Å². The summed E-state index contributed by atoms with van der Waals surface area (Å²) in [6.07, 6.45) is 1.08. The van der Waals surface area contributed by atoms with E-state index in [9.17, 15) is 4.79 Å². The molecular formula is C6H11IN2O. The first-order chi connectivity index (χ1) is 4.80. The van der Waals surface area contributed by atoms with Crippen molar-refractivity contribution < 1.29 is 4.79 Å². The lowest BCUT2D eigenvalue weighted by molar-refractivity contribution is 0.229. The van der Waals surface area contributed by atoms with Crippen LogP contribution in [0.4, 0.5) is 4.79 Å². The molecule has 4 heteroatoms. The molecule has 0 aromatic carbocycles. The van der Waals surface area contributed by atoms with Crippen LogP contribution in [0.2, 0.25) is 0 Å². The van der Waals surface area contributed by atoms with Crippen molar-refractivity contribution in [2.75, 3.05) is 26.2 Å². The summed E-state index contributed by atoms with van der Waals surface area (Å²) in [4.78, 5) is 12.7. The third kappa shape index (κ3) is 2.42. The molecule has 0 aromatic heterocycles. The number of hydrogen-bond donors (Lipinski definition) is 1. The van der Waals surface area contributed by atoms with E-state index in [0.717, 1.165) is 32.6 Å². The van der Waals surface area contributed by atoms with Crippen LogP contribution in [0.5, 0.6) is 0 Å². The third-order valence-electron chi connectivity index (χ3n) is 1.59. The fourth-order valence-corrected chi connectivity index (χ4v) is 1.50. The molecule has 1 N–H and O–H groups in total. The molecule has 1 fully saturated rings. The minimum absolute atomic E-state index is 0.168. The molecule has 3 nitrogen and oxygen atoms in total. The van der Waals surface area contributed by atoms with Gasteiger partial charge in [0.1, 0.15) is 0 Å². The molecule has 1 amide bonds. The molecule has 0 aliphatic carbocycles. The second-order valence-electron chi connectivity index (χ2n) is 2.34. The number of hydrogen-bond acceptors (Lipinski definition) is 2. The van der Waals surface area contributed by atoms with Gasteiger partial charge in [-0.1, -0.05) is 0 Å². The number of carbonyl (C=O) groups excluding carboxylic acids is 1. The summed E-state index contributed by atoms with van der Waals surface area (Å²) in [6, 6.07) is 0. The Morgan fingerprint density at radius 3 is 2.90 bits per heavy atom. The van der Waals surface area contributed by atoms with Gasteiger partial charge < -0.3 is 10.2 Å². The van der Waals surface area contributed by atoms with Gasteiger partial charge in [-0.05, 0) is 13.0 Å². The highest BCUT2D eigenvalue weighted by molar-refractivity contribution is 14.1. The number of nitrogens with zero attached hydrogens (tertiary/aromatic N) is 1. The van der Waals surface area contributed by atoms with E-state index in [-0.39, 0.29) is 3.91 Å². The summed E-state index contributed by atoms with van der Waals surface area (Å²) in [5, 5.41) is 3.23. The second kappa shape index (κ2) is 4.12. The fraction of sp³-hybridized carbons (Fsp3) is 0.833. The molecule has 0 spiro atoms. The van der Waals surface area contributed by atoms with E-state index in [1.54, 1.807) is 0 Å². The minimum Gasteiger partial charge on any atom is -0.333 e. The predicted octanol–water partition coefficient (Wildman–Crippen LogP) is 0.837. The summed E-state index contributed by atoms with van der Waals surface area (Å²) < 4.78 is 0.168. The molecule has 1 heterocycles. The van der Waals surface area contributed by atoms with Crippen LogP contribution < -0.4 is 5.32 Å². The van der Waals surface area contributed by atoms with Crippen molar-refractivity contribution in [1.29, 1.82) is 0 Å². The molecule has 58 valence electrons. The maximum Gasteiger partial charge on any atom is 0.283 e. The summed E-state index contributed by atoms with van der Waals surface area (Å²) >= 11 is 1.84. The predicted molar refractivity (Wildman–Crippen MR) is 48.5 cm³/mol. The van der Waals surface area contributed by atoms with Gasteiger partial charge in [0, 0.05) is 42.2 Å². The maximum atomic E-state index is 10.8. The summed E-state index contributed by atoms with van der Waals surface area (Å²) in [5.74, 6) is 0. The Labute approximate surface area is 74.3 Å². The van der Waals surface area contributed by atoms with Crippen LogP contribution in [-0.4, -0.2) is 35.0 Å². The summed E-state index contributed by atoms with van der Waals surface area (Å²) in [5.41, 5.74) is 0. The number of nitrogens with one attached hydrogen (secondary N) is 1. The Kier molecular flexibility index (Phi) is 3.41. The van der Waals surface area contributed by atoms with Gasteiger partial charge in [-0.15, -0.1) is 0 Å². The van der Waals surface area contributed by atoms with Crippen LogP contribution in [0.15, 0.2) is 0 Å². The van der Waals surface area contributed by atoms with E-state index in [1.807, 2.05) is 27.5 Å². The fourth-order valence-electron chi connectivity index (χ4n) is 1.02. The van der Waals surface area contributed by atoms with Gasteiger partial charge in [0.25, 0.3) is 3.91 Å². The number of rotatable bonds is 0. The molecule has 0 bridgehead atoms. The van der Waals surface area contributed by atoms with E-state index in [0.29, 0.717) is 0 Å². The lowest BCUT2D eigenvalue weighted by atomic mass is 10.4. The van der Waals surface area contributed by atoms with Crippen LogP contribution in [-0.2, 0) is 0 Å². The molecule has 1 aliphatic rings. The van der Waals surface area contributed by atoms with Crippen LogP contribution in [0.25, 0.3) is 0 Å². The van der Waals surface area contributed by atoms with E-state index in [1.165, 1.54) is 0 Å². The topological polar surface area (TPSA) is 32.3 Å². The van der Waals surface area contributed by atoms with Crippen molar-refractivity contribution in [2.24, 2.45) is 0 Å². The largest absolute Gasteiger partial charge is 0.333 e. The maximum absolute atomic E-state index is 10.8. The minimum atomic E-state index is 0.168. The lowest BCUT2D eigenvalue weighted by Gasteiger charge is -2.15. The van der Waals surface area contributed by atoms with Crippen molar-refractivity contribution in [2.45, 2.75) is 6.42 Å². The third-order valence-corrected chi connectivity index (χ3v) is 2.27. The second-order valence-corrected chi connectivity index (χ2v) is 3.27. The quantitative estimate of drug-likeness (QED) is 0.394. The van der Waals surface area contributed by atoms with Crippen molar-refractivity contribution in [3.63, 3.8) is 0 Å². The van der Waals surface area contributed by atoms with Gasteiger partial charge >= 0.3 is 0 Å². The van der Waals surface area contributed by atoms with E-state index in [4.69, 9.17) is 0 Å². The first kappa shape index (κ1) is 8.26. The van der Waals surface area contributed by atoms with Gasteiger partial charge in [-0.25, -0.2) is 0 Å². The van der Waals surface area contributed by atoms with Crippen LogP contribution >= 0.6 is 22.6 Å². The highest BCUT2D eigenvalue weighted by Crippen LogP contribution is 2.01. The van der Waals surface area contributed by atoms with Gasteiger partial charge in [0.15, 0.2) is 0 Å². The van der Waals surface area contributed by atoms with Crippen molar-refractivity contribution >= 4 is 26.5 Å². The summed E-state index contributed by atoms with van der Waals surface area (Å²) in [6.45, 7) is 3.76. The standard InChI is InChI=1S/C6H11IN2O/c7-6(10)9-4-1-2-8-3-5-9/h8H,1-5H2. The molecule has 0 atom stereocenters. The molecule has 0 unspecified atom stereocenters. The molecule has 0 saturated carbocycles. The lowest BCUT2D eigenvalue weighted by Crippen LogP contribution is -2.29. The van der Waals surface area contributed by atoms with Crippen molar-refractivity contribution in [3.8, 4) is 0 Å². The number of halogens is 1. The average Bonchev–Trinajstić information content (AvgIpc) is 2.12. The van der Waals surface area contributed by atoms with Crippen molar-refractivity contribution in [1.82, 2.24) is 10.2 Å². The summed E-state index contributed by atoms with van der Waals surface area (Å²) in [7, 11) is 0. The first-order valence-electron chi connectivity index (χ1n) is 3.46. The zero-order valence-electron chi connectivity index (χ0n) is 5.77. The van der Waals surface area contributed by atoms with E-state index in [2.05, 4.69) is 5.32 Å². The molecule has 1 rings (SSSR count). The first-order valence-corrected chi connectivity index (χ1v) is 4.54. The molecule has 1 aliphatic heterocycles. The Hall–Kier alpha value is 0.160. The van der Waals surface area contributed by atoms with Gasteiger partial charge in [0.2, 0.25) is 0 Å². The smallest absolute Gasteiger partial charge is 0.283 e. The zero-order chi connectivity index (χ0) is 7.40. The van der Waals surface area contributed by atoms with Crippen LogP contribution in [0, 0.1) is 0 Å². The van der Waals surface area contributed by atoms with Gasteiger partial charge in [0.05, 0.1) is 0 Å². The number of amides is 1. The van der Waals surface area contributed by atoms with E-state index < -0.39 is 0 Å². The molecular weight excluding hydrogens is 243 g/mol. The van der Waals surface area contributed by atoms with Gasteiger partial charge in [-0.2, -0.15) is 0 Å². The van der Waals surface area contributed by atoms with Gasteiger partial charge in [-0.3, -0.25) is 4.79 Å². The zero-order valence-corrected chi connectivity index (χ0v) is 7.93. The van der Waals surface area contributed by atoms with Crippen LogP contribution in [0.1, 0.15) is 6.42 Å². The molecule has 10 heavy (non-hydrogen) atoms. The molecule has 1 saturated heterocycles. The average molecular weight is 254 g/mol. The van der Waals surface area contributed by atoms with Crippen LogP contribution in [0.3, 0.4) is 0 Å². The molecule has 0 aromatic rings. The Morgan fingerprint density at radius 2 is 2.20 bits per heavy atom. The monoisotopic (exact) mass is 254 g/mol. The highest BCUT2D eigenvalue weighted by atomic mass is 127. The SMILES string of the molecule is O=C(I)N1CCCNCC1. The Bertz CT molecular complexity index is 121. The van der Waals surface area contributed by atoms with E-state index >= 15 is 0 Å². The Balaban J connectivity index is 2.35. The Morgan fingerprint density at radius 1 is 1.40 bits per heavy atom. The highest BCUT2D eigenvalue weighted by Gasteiger charge is 2.10. The molecule has 0 radical (unpaired) electrons.